The first-order chi connectivity index (χ1) is 15.7. The number of sulfonamides is 1. The molecule has 0 aliphatic carbocycles. The van der Waals surface area contributed by atoms with Crippen molar-refractivity contribution in [3.8, 4) is 0 Å². The number of nitrogens with zero attached hydrogens (tertiary/aromatic N) is 1. The van der Waals surface area contributed by atoms with E-state index in [2.05, 4.69) is 15.2 Å². The van der Waals surface area contributed by atoms with E-state index in [0.29, 0.717) is 16.7 Å². The van der Waals surface area contributed by atoms with Gasteiger partial charge in [0.15, 0.2) is 0 Å². The summed E-state index contributed by atoms with van der Waals surface area (Å²) in [6.45, 7) is 5.68. The molecule has 168 valence electrons. The average molecular weight is 462 g/mol. The summed E-state index contributed by atoms with van der Waals surface area (Å²) in [6, 6.07) is 20.8. The Morgan fingerprint density at radius 2 is 1.61 bits per heavy atom. The second-order valence-corrected chi connectivity index (χ2v) is 9.44. The summed E-state index contributed by atoms with van der Waals surface area (Å²) in [4.78, 5) is 15.3. The Kier molecular flexibility index (Phi) is 6.02. The summed E-state index contributed by atoms with van der Waals surface area (Å²) in [5, 5.41) is 7.45. The van der Waals surface area contributed by atoms with Crippen LogP contribution in [0, 0.1) is 20.8 Å². The van der Waals surface area contributed by atoms with Crippen molar-refractivity contribution in [1.29, 1.82) is 0 Å². The van der Waals surface area contributed by atoms with E-state index < -0.39 is 15.9 Å². The van der Waals surface area contributed by atoms with Crippen LogP contribution in [-0.2, 0) is 10.0 Å². The molecule has 0 radical (unpaired) electrons. The van der Waals surface area contributed by atoms with Crippen LogP contribution in [-0.4, -0.2) is 14.3 Å². The highest BCUT2D eigenvalue weighted by molar-refractivity contribution is 7.89. The second kappa shape index (κ2) is 8.91. The number of rotatable bonds is 5. The smallest absolute Gasteiger partial charge is 0.276 e. The molecule has 0 bridgehead atoms. The van der Waals surface area contributed by atoms with E-state index in [4.69, 9.17) is 4.42 Å². The molecule has 0 spiro atoms. The van der Waals surface area contributed by atoms with Crippen molar-refractivity contribution in [2.24, 2.45) is 5.10 Å². The lowest BCUT2D eigenvalue weighted by Gasteiger charge is -2.08. The van der Waals surface area contributed by atoms with Crippen LogP contribution in [0.25, 0.3) is 11.0 Å². The van der Waals surface area contributed by atoms with Crippen LogP contribution >= 0.6 is 0 Å². The van der Waals surface area contributed by atoms with Gasteiger partial charge in [-0.15, -0.1) is 5.10 Å². The molecule has 0 atom stereocenters. The van der Waals surface area contributed by atoms with Gasteiger partial charge in [-0.3, -0.25) is 4.79 Å². The summed E-state index contributed by atoms with van der Waals surface area (Å²) in [6.07, 6.45) is 0. The van der Waals surface area contributed by atoms with Crippen molar-refractivity contribution in [3.63, 3.8) is 0 Å². The van der Waals surface area contributed by atoms with Crippen LogP contribution in [0.5, 0.6) is 0 Å². The number of hydrogen-bond donors (Lipinski definition) is 2. The van der Waals surface area contributed by atoms with Gasteiger partial charge in [-0.25, -0.2) is 0 Å². The predicted octanol–water partition coefficient (Wildman–Crippen LogP) is 4.40. The van der Waals surface area contributed by atoms with E-state index in [1.165, 1.54) is 6.07 Å². The van der Waals surface area contributed by atoms with Crippen LogP contribution in [0.2, 0.25) is 0 Å². The third kappa shape index (κ3) is 4.96. The standard InChI is InChI=1S/C25H23N3O4S/c1-16-8-11-20(12-9-16)26-24(29)22-15-19-6-4-5-7-23(19)32-25(22)27-28-33(30,31)21-13-10-17(2)18(3)14-21/h4-15,28H,1-3H3,(H,26,29)/b27-25-. The first-order valence-electron chi connectivity index (χ1n) is 10.3. The van der Waals surface area contributed by atoms with E-state index in [1.807, 2.05) is 39.0 Å². The molecule has 33 heavy (non-hydrogen) atoms. The number of nitrogens with one attached hydrogen (secondary N) is 2. The van der Waals surface area contributed by atoms with E-state index in [-0.39, 0.29) is 16.0 Å². The van der Waals surface area contributed by atoms with E-state index in [9.17, 15) is 13.2 Å². The molecular formula is C25H23N3O4S. The molecule has 3 aromatic carbocycles. The molecular weight excluding hydrogens is 438 g/mol. The van der Waals surface area contributed by atoms with Crippen LogP contribution in [0.1, 0.15) is 27.0 Å². The third-order valence-electron chi connectivity index (χ3n) is 5.27. The molecule has 0 unspecified atom stereocenters. The SMILES string of the molecule is Cc1ccc(NC(=O)c2cc3ccccc3o/c2=N\NS(=O)(=O)c2ccc(C)c(C)c2)cc1. The van der Waals surface area contributed by atoms with E-state index in [1.54, 1.807) is 48.5 Å². The zero-order valence-electron chi connectivity index (χ0n) is 18.4. The third-order valence-corrected chi connectivity index (χ3v) is 6.47. The topological polar surface area (TPSA) is 101 Å². The second-order valence-electron chi connectivity index (χ2n) is 7.78. The lowest BCUT2D eigenvalue weighted by molar-refractivity contribution is 0.102. The van der Waals surface area contributed by atoms with Gasteiger partial charge in [0, 0.05) is 11.1 Å². The molecule has 1 amide bonds. The highest BCUT2D eigenvalue weighted by Gasteiger charge is 2.17. The number of para-hydroxylation sites is 1. The number of hydrogen-bond acceptors (Lipinski definition) is 5. The molecule has 1 heterocycles. The molecule has 4 aromatic rings. The number of amides is 1. The van der Waals surface area contributed by atoms with Gasteiger partial charge in [0.25, 0.3) is 15.9 Å². The number of carbonyl (C=O) groups excluding carboxylic acids is 1. The fraction of sp³-hybridized carbons (Fsp3) is 0.120. The molecule has 7 nitrogen and oxygen atoms in total. The van der Waals surface area contributed by atoms with Crippen molar-refractivity contribution in [2.75, 3.05) is 5.32 Å². The molecule has 2 N–H and O–H groups in total. The van der Waals surface area contributed by atoms with Gasteiger partial charge in [-0.2, -0.15) is 13.2 Å². The largest absolute Gasteiger partial charge is 0.436 e. The molecule has 0 saturated heterocycles. The van der Waals surface area contributed by atoms with Gasteiger partial charge in [0.1, 0.15) is 11.1 Å². The van der Waals surface area contributed by atoms with E-state index in [0.717, 1.165) is 16.7 Å². The maximum absolute atomic E-state index is 13.0. The maximum Gasteiger partial charge on any atom is 0.276 e. The number of anilines is 1. The quantitative estimate of drug-likeness (QED) is 0.430. The molecule has 0 aliphatic heterocycles. The van der Waals surface area contributed by atoms with Crippen LogP contribution in [0.15, 0.2) is 87.2 Å². The zero-order valence-corrected chi connectivity index (χ0v) is 19.2. The van der Waals surface area contributed by atoms with Gasteiger partial charge in [-0.05, 0) is 68.3 Å². The van der Waals surface area contributed by atoms with Gasteiger partial charge in [0.05, 0.1) is 4.90 Å². The molecule has 8 heteroatoms. The minimum Gasteiger partial charge on any atom is -0.436 e. The van der Waals surface area contributed by atoms with Gasteiger partial charge in [0.2, 0.25) is 5.55 Å². The Balaban J connectivity index is 1.75. The fourth-order valence-corrected chi connectivity index (χ4v) is 4.07. The average Bonchev–Trinajstić information content (AvgIpc) is 2.80. The van der Waals surface area contributed by atoms with Crippen LogP contribution in [0.3, 0.4) is 0 Å². The normalized spacial score (nSPS) is 12.0. The molecule has 0 saturated carbocycles. The Morgan fingerprint density at radius 3 is 2.33 bits per heavy atom. The Morgan fingerprint density at radius 1 is 0.879 bits per heavy atom. The molecule has 0 aliphatic rings. The number of aryl methyl sites for hydroxylation is 3. The molecule has 0 fully saturated rings. The summed E-state index contributed by atoms with van der Waals surface area (Å²) < 4.78 is 31.4. The summed E-state index contributed by atoms with van der Waals surface area (Å²) in [5.74, 6) is -0.475. The Bertz CT molecular complexity index is 1520. The highest BCUT2D eigenvalue weighted by Crippen LogP contribution is 2.16. The van der Waals surface area contributed by atoms with E-state index >= 15 is 0 Å². The maximum atomic E-state index is 13.0. The summed E-state index contributed by atoms with van der Waals surface area (Å²) in [5.41, 5.74) is 3.89. The van der Waals surface area contributed by atoms with Gasteiger partial charge in [-0.1, -0.05) is 42.0 Å². The zero-order chi connectivity index (χ0) is 23.6. The lowest BCUT2D eigenvalue weighted by atomic mass is 10.1. The number of carbonyl (C=O) groups is 1. The predicted molar refractivity (Wildman–Crippen MR) is 127 cm³/mol. The fourth-order valence-electron chi connectivity index (χ4n) is 3.19. The van der Waals surface area contributed by atoms with Crippen LogP contribution < -0.4 is 15.7 Å². The summed E-state index contributed by atoms with van der Waals surface area (Å²) >= 11 is 0. The van der Waals surface area contributed by atoms with Crippen molar-refractivity contribution in [2.45, 2.75) is 25.7 Å². The van der Waals surface area contributed by atoms with Gasteiger partial charge >= 0.3 is 0 Å². The molecule has 1 aromatic heterocycles. The van der Waals surface area contributed by atoms with Crippen molar-refractivity contribution >= 4 is 32.6 Å². The Hall–Kier alpha value is -3.91. The van der Waals surface area contributed by atoms with Crippen LogP contribution in [0.4, 0.5) is 5.69 Å². The van der Waals surface area contributed by atoms with Crippen molar-refractivity contribution in [3.05, 3.63) is 101 Å². The monoisotopic (exact) mass is 461 g/mol. The lowest BCUT2D eigenvalue weighted by Crippen LogP contribution is -2.27. The molecule has 4 rings (SSSR count). The van der Waals surface area contributed by atoms with Gasteiger partial charge < -0.3 is 9.73 Å². The first kappa shape index (κ1) is 22.3. The number of benzene rings is 3. The first-order valence-corrected chi connectivity index (χ1v) is 11.7. The van der Waals surface area contributed by atoms with Crippen molar-refractivity contribution in [1.82, 2.24) is 4.83 Å². The summed E-state index contributed by atoms with van der Waals surface area (Å²) in [7, 11) is -3.97. The Labute approximate surface area is 191 Å². The minimum atomic E-state index is -3.97. The number of fused-ring (bicyclic) bond motifs is 1. The van der Waals surface area contributed by atoms with Crippen molar-refractivity contribution < 1.29 is 17.6 Å². The highest BCUT2D eigenvalue weighted by atomic mass is 32.2. The minimum absolute atomic E-state index is 0.0702.